The summed E-state index contributed by atoms with van der Waals surface area (Å²) in [4.78, 5) is 113. The number of halogens is 2. The van der Waals surface area contributed by atoms with E-state index in [1.807, 2.05) is 0 Å². The van der Waals surface area contributed by atoms with Crippen LogP contribution in [0.5, 0.6) is 0 Å². The minimum absolute atomic E-state index is 0.0430. The molecular formula is C40H50F2N10O11. The van der Waals surface area contributed by atoms with E-state index in [1.165, 1.54) is 28.1 Å². The number of likely N-dealkylation sites (tertiary alicyclic amines) is 1. The Morgan fingerprint density at radius 3 is 1.95 bits per heavy atom. The maximum Gasteiger partial charge on any atom is 0.320 e. The Bertz CT molecular complexity index is 2080. The van der Waals surface area contributed by atoms with E-state index in [9.17, 15) is 67.7 Å². The molecule has 3 fully saturated rings. The minimum atomic E-state index is -3.21. The number of nitrogens with one attached hydrogen (secondary N) is 2. The van der Waals surface area contributed by atoms with Crippen molar-refractivity contribution in [2.24, 2.45) is 0 Å². The van der Waals surface area contributed by atoms with E-state index in [1.54, 1.807) is 32.9 Å². The van der Waals surface area contributed by atoms with E-state index in [-0.39, 0.29) is 127 Å². The number of hydrogen-bond acceptors (Lipinski definition) is 13. The first-order valence-electron chi connectivity index (χ1n) is 20.4. The van der Waals surface area contributed by atoms with Gasteiger partial charge in [-0.2, -0.15) is 5.26 Å². The third-order valence-corrected chi connectivity index (χ3v) is 11.2. The van der Waals surface area contributed by atoms with Crippen LogP contribution in [-0.2, 0) is 33.6 Å². The lowest BCUT2D eigenvalue weighted by molar-refractivity contribution is -0.145. The first-order chi connectivity index (χ1) is 29.9. The number of alkyl halides is 2. The number of rotatable bonds is 16. The number of hydrogen-bond donors (Lipinski definition) is 5. The fraction of sp³-hybridized carbons (Fsp3) is 0.550. The smallest absolute Gasteiger partial charge is 0.320 e. The highest BCUT2D eigenvalue weighted by atomic mass is 19.3. The Hall–Kier alpha value is -6.38. The first-order valence-corrected chi connectivity index (χ1v) is 20.4. The van der Waals surface area contributed by atoms with Gasteiger partial charge in [-0.3, -0.25) is 58.0 Å². The summed E-state index contributed by atoms with van der Waals surface area (Å²) < 4.78 is 27.6. The second-order valence-corrected chi connectivity index (χ2v) is 15.6. The lowest BCUT2D eigenvalue weighted by Gasteiger charge is -2.35. The van der Waals surface area contributed by atoms with E-state index in [0.717, 1.165) is 4.90 Å². The van der Waals surface area contributed by atoms with Gasteiger partial charge < -0.3 is 40.7 Å². The van der Waals surface area contributed by atoms with Gasteiger partial charge in [0.2, 0.25) is 23.6 Å². The maximum absolute atomic E-state index is 13.8. The topological polar surface area (TPSA) is 277 Å². The van der Waals surface area contributed by atoms with Crippen molar-refractivity contribution in [3.63, 3.8) is 0 Å². The Labute approximate surface area is 360 Å². The SMILES string of the molecule is N#C[C@@H]1CC(F)(F)CN1C(=O)CNC(=O)c1ccnc2ccc(NC(=O)CCC(=O)N3CCN(C(=O)CCC(C(=O)O)N4CCN(CC(=O)O)CCN(CC(=O)O)CC4)CC3)cc12. The number of aliphatic carboxylic acids is 3. The van der Waals surface area contributed by atoms with Gasteiger partial charge >= 0.3 is 17.9 Å². The van der Waals surface area contributed by atoms with Gasteiger partial charge in [-0.25, -0.2) is 8.78 Å². The lowest BCUT2D eigenvalue weighted by atomic mass is 10.1. The van der Waals surface area contributed by atoms with Crippen molar-refractivity contribution < 1.29 is 62.5 Å². The van der Waals surface area contributed by atoms with Crippen LogP contribution in [0.3, 0.4) is 0 Å². The second-order valence-electron chi connectivity index (χ2n) is 15.6. The van der Waals surface area contributed by atoms with E-state index < -0.39 is 73.1 Å². The predicted octanol–water partition coefficient (Wildman–Crippen LogP) is -0.564. The Kier molecular flexibility index (Phi) is 16.4. The zero-order valence-corrected chi connectivity index (χ0v) is 34.4. The molecule has 0 bridgehead atoms. The number of fused-ring (bicyclic) bond motifs is 1. The molecule has 4 heterocycles. The monoisotopic (exact) mass is 884 g/mol. The van der Waals surface area contributed by atoms with Crippen LogP contribution in [0.2, 0.25) is 0 Å². The lowest BCUT2D eigenvalue weighted by Crippen LogP contribution is -2.51. The number of nitrogens with zero attached hydrogens (tertiary/aromatic N) is 8. The third kappa shape index (κ3) is 13.6. The number of carboxylic acid groups (broad SMARTS) is 3. The predicted molar refractivity (Wildman–Crippen MR) is 216 cm³/mol. The number of nitriles is 1. The van der Waals surface area contributed by atoms with Gasteiger partial charge in [0.15, 0.2) is 0 Å². The molecule has 23 heteroatoms. The largest absolute Gasteiger partial charge is 0.480 e. The zero-order chi connectivity index (χ0) is 45.8. The fourth-order valence-corrected chi connectivity index (χ4v) is 7.83. The molecule has 3 saturated heterocycles. The molecule has 0 aliphatic carbocycles. The molecule has 5 N–H and O–H groups in total. The van der Waals surface area contributed by atoms with Crippen molar-refractivity contribution in [3.05, 3.63) is 36.0 Å². The summed E-state index contributed by atoms with van der Waals surface area (Å²) in [5, 5.41) is 43.3. The Balaban J connectivity index is 1.07. The van der Waals surface area contributed by atoms with Gasteiger partial charge in [0, 0.05) is 108 Å². The number of carbonyl (C=O) groups is 8. The molecule has 1 unspecified atom stereocenters. The second kappa shape index (κ2) is 21.6. The molecule has 3 aliphatic heterocycles. The molecule has 0 saturated carbocycles. The van der Waals surface area contributed by atoms with Crippen molar-refractivity contribution >= 4 is 64.0 Å². The van der Waals surface area contributed by atoms with E-state index in [4.69, 9.17) is 0 Å². The summed E-state index contributed by atoms with van der Waals surface area (Å²) >= 11 is 0. The summed E-state index contributed by atoms with van der Waals surface area (Å²) in [6, 6.07) is 5.25. The molecule has 3 aliphatic rings. The molecule has 2 atom stereocenters. The summed E-state index contributed by atoms with van der Waals surface area (Å²) in [5.74, 6) is -9.19. The highest BCUT2D eigenvalue weighted by Gasteiger charge is 2.47. The maximum atomic E-state index is 13.8. The molecule has 1 aromatic heterocycles. The summed E-state index contributed by atoms with van der Waals surface area (Å²) in [7, 11) is 0. The van der Waals surface area contributed by atoms with Crippen LogP contribution in [0, 0.1) is 11.3 Å². The van der Waals surface area contributed by atoms with Crippen LogP contribution in [0.4, 0.5) is 14.5 Å². The Morgan fingerprint density at radius 2 is 1.38 bits per heavy atom. The number of aromatic nitrogens is 1. The van der Waals surface area contributed by atoms with E-state index >= 15 is 0 Å². The van der Waals surface area contributed by atoms with Crippen molar-refractivity contribution in [3.8, 4) is 6.07 Å². The number of amides is 5. The Morgan fingerprint density at radius 1 is 0.794 bits per heavy atom. The van der Waals surface area contributed by atoms with Gasteiger partial charge in [0.25, 0.3) is 11.8 Å². The van der Waals surface area contributed by atoms with Gasteiger partial charge in [0.1, 0.15) is 12.1 Å². The van der Waals surface area contributed by atoms with Gasteiger partial charge in [-0.05, 0) is 30.7 Å². The van der Waals surface area contributed by atoms with Crippen molar-refractivity contribution in [1.29, 1.82) is 5.26 Å². The average Bonchev–Trinajstić information content (AvgIpc) is 3.60. The van der Waals surface area contributed by atoms with Gasteiger partial charge in [-0.15, -0.1) is 0 Å². The summed E-state index contributed by atoms with van der Waals surface area (Å²) in [5.41, 5.74) is 0.751. The quantitative estimate of drug-likeness (QED) is 0.141. The number of anilines is 1. The minimum Gasteiger partial charge on any atom is -0.480 e. The molecule has 0 radical (unpaired) electrons. The number of piperazine rings is 1. The van der Waals surface area contributed by atoms with Crippen LogP contribution in [0.15, 0.2) is 30.5 Å². The number of carboxylic acids is 3. The molecule has 1 aromatic carbocycles. The van der Waals surface area contributed by atoms with Gasteiger partial charge in [-0.1, -0.05) is 0 Å². The molecule has 340 valence electrons. The normalized spacial score (nSPS) is 19.3. The van der Waals surface area contributed by atoms with Crippen molar-refractivity contribution in [2.45, 2.75) is 50.1 Å². The van der Waals surface area contributed by atoms with Crippen LogP contribution < -0.4 is 10.6 Å². The van der Waals surface area contributed by atoms with Crippen LogP contribution in [-0.4, -0.2) is 207 Å². The summed E-state index contributed by atoms with van der Waals surface area (Å²) in [6.45, 7) is 0.0687. The highest BCUT2D eigenvalue weighted by Crippen LogP contribution is 2.31. The van der Waals surface area contributed by atoms with E-state index in [2.05, 4.69) is 15.6 Å². The van der Waals surface area contributed by atoms with Crippen molar-refractivity contribution in [2.75, 3.05) is 96.9 Å². The fourth-order valence-electron chi connectivity index (χ4n) is 7.83. The molecule has 5 rings (SSSR count). The van der Waals surface area contributed by atoms with Gasteiger partial charge in [0.05, 0.1) is 43.3 Å². The van der Waals surface area contributed by atoms with E-state index in [0.29, 0.717) is 10.9 Å². The van der Waals surface area contributed by atoms with Crippen LogP contribution in [0.1, 0.15) is 42.5 Å². The van der Waals surface area contributed by atoms with Crippen LogP contribution in [0.25, 0.3) is 10.9 Å². The molecule has 2 aromatic rings. The molecular weight excluding hydrogens is 834 g/mol. The molecule has 5 amide bonds. The molecule has 0 spiro atoms. The first kappa shape index (κ1) is 47.7. The average molecular weight is 885 g/mol. The number of pyridine rings is 1. The molecule has 63 heavy (non-hydrogen) atoms. The van der Waals surface area contributed by atoms with Crippen LogP contribution >= 0.6 is 0 Å². The van der Waals surface area contributed by atoms with Crippen molar-refractivity contribution in [1.82, 2.24) is 39.7 Å². The summed E-state index contributed by atoms with van der Waals surface area (Å²) in [6.07, 6.45) is 0.0923. The standard InChI is InChI=1S/C40H50F2N10O11/c41-40(42)20-27(21-43)52(25-40)35(56)22-45-38(61)28-7-8-44-30-2-1-26(19-29(28)30)46-32(53)4-6-34(55)51-17-15-50(16-18-51)33(54)5-3-31(39(62)63)49-13-11-47(23-36(57)58)9-10-48(12-14-49)24-37(59)60/h1-2,7-8,19,27,31H,3-6,9-18,20,22-25H2,(H,45,61)(H,46,53)(H,57,58)(H,59,60)(H,62,63)/t27-,31?/m0/s1. The third-order valence-electron chi connectivity index (χ3n) is 11.2. The highest BCUT2D eigenvalue weighted by molar-refractivity contribution is 6.08. The number of carbonyl (C=O) groups excluding carboxylic acids is 5. The zero-order valence-electron chi connectivity index (χ0n) is 34.4. The number of benzene rings is 1. The molecule has 21 nitrogen and oxygen atoms in total.